The fourth-order valence-corrected chi connectivity index (χ4v) is 2.88. The second kappa shape index (κ2) is 6.66. The van der Waals surface area contributed by atoms with Crippen LogP contribution < -0.4 is 10.6 Å². The van der Waals surface area contributed by atoms with Gasteiger partial charge in [0.15, 0.2) is 5.82 Å². The van der Waals surface area contributed by atoms with E-state index in [1.165, 1.54) is 0 Å². The summed E-state index contributed by atoms with van der Waals surface area (Å²) in [6, 6.07) is 0. The molecule has 1 aliphatic heterocycles. The van der Waals surface area contributed by atoms with Crippen LogP contribution in [0.4, 0.5) is 11.5 Å². The molecule has 0 radical (unpaired) electrons. The third-order valence-corrected chi connectivity index (χ3v) is 4.16. The molecule has 2 rings (SSSR count). The van der Waals surface area contributed by atoms with Crippen molar-refractivity contribution in [2.24, 2.45) is 7.05 Å². The molecule has 0 amide bonds. The molecule has 1 aromatic rings. The van der Waals surface area contributed by atoms with Crippen LogP contribution in [0.3, 0.4) is 0 Å². The maximum atomic E-state index is 6.32. The van der Waals surface area contributed by atoms with Crippen LogP contribution in [0.2, 0.25) is 0 Å². The molecule has 0 aliphatic carbocycles. The van der Waals surface area contributed by atoms with Gasteiger partial charge in [-0.15, -0.1) is 0 Å². The number of aryl methyl sites for hydroxylation is 1. The minimum atomic E-state index is 0.367. The normalized spacial score (nSPS) is 17.2. The molecule has 0 aromatic carbocycles. The highest BCUT2D eigenvalue weighted by molar-refractivity contribution is 5.67. The number of hydrogen-bond acceptors (Lipinski definition) is 5. The van der Waals surface area contributed by atoms with Crippen molar-refractivity contribution >= 4 is 11.5 Å². The maximum Gasteiger partial charge on any atom is 0.150 e. The second-order valence-electron chi connectivity index (χ2n) is 6.53. The molecule has 0 bridgehead atoms. The number of nitrogens with two attached hydrogens (primary N) is 1. The average Bonchev–Trinajstić information content (AvgIpc) is 2.73. The van der Waals surface area contributed by atoms with Crippen molar-refractivity contribution < 1.29 is 0 Å². The van der Waals surface area contributed by atoms with Crippen LogP contribution in [-0.2, 0) is 7.05 Å². The van der Waals surface area contributed by atoms with Gasteiger partial charge in [0.25, 0.3) is 0 Å². The Balaban J connectivity index is 1.99. The van der Waals surface area contributed by atoms with Crippen molar-refractivity contribution in [3.8, 4) is 0 Å². The quantitative estimate of drug-likeness (QED) is 0.871. The van der Waals surface area contributed by atoms with E-state index in [9.17, 15) is 0 Å². The van der Waals surface area contributed by atoms with Gasteiger partial charge >= 0.3 is 0 Å². The molecule has 0 spiro atoms. The van der Waals surface area contributed by atoms with Crippen molar-refractivity contribution in [3.63, 3.8) is 0 Å². The van der Waals surface area contributed by atoms with Crippen molar-refractivity contribution in [2.45, 2.75) is 19.8 Å². The van der Waals surface area contributed by atoms with E-state index in [0.29, 0.717) is 5.92 Å². The van der Waals surface area contributed by atoms with Gasteiger partial charge in [-0.2, -0.15) is 5.10 Å². The molecule has 1 saturated heterocycles. The Labute approximate surface area is 128 Å². The average molecular weight is 294 g/mol. The number of aromatic nitrogens is 2. The van der Waals surface area contributed by atoms with E-state index in [2.05, 4.69) is 47.7 Å². The highest BCUT2D eigenvalue weighted by atomic mass is 15.4. The summed E-state index contributed by atoms with van der Waals surface area (Å²) in [5.41, 5.74) is 8.20. The van der Waals surface area contributed by atoms with E-state index in [1.807, 2.05) is 11.7 Å². The zero-order valence-corrected chi connectivity index (χ0v) is 14.1. The molecule has 2 N–H and O–H groups in total. The number of likely N-dealkylation sites (N-methyl/N-ethyl adjacent to an activating group) is 1. The van der Waals surface area contributed by atoms with Gasteiger partial charge in [0, 0.05) is 46.3 Å². The number of rotatable bonds is 5. The molecular weight excluding hydrogens is 264 g/mol. The van der Waals surface area contributed by atoms with E-state index in [1.54, 1.807) is 0 Å². The smallest absolute Gasteiger partial charge is 0.150 e. The largest absolute Gasteiger partial charge is 0.394 e. The predicted octanol–water partition coefficient (Wildman–Crippen LogP) is 0.809. The van der Waals surface area contributed by atoms with Crippen molar-refractivity contribution in [2.75, 3.05) is 64.0 Å². The molecule has 0 unspecified atom stereocenters. The van der Waals surface area contributed by atoms with Gasteiger partial charge in [-0.1, -0.05) is 13.8 Å². The summed E-state index contributed by atoms with van der Waals surface area (Å²) < 4.78 is 1.94. The molecular formula is C15H30N6. The highest BCUT2D eigenvalue weighted by Crippen LogP contribution is 2.31. The van der Waals surface area contributed by atoms with Gasteiger partial charge in [-0.05, 0) is 20.0 Å². The van der Waals surface area contributed by atoms with Crippen LogP contribution >= 0.6 is 0 Å². The van der Waals surface area contributed by atoms with Gasteiger partial charge in [-0.25, -0.2) is 0 Å². The van der Waals surface area contributed by atoms with Gasteiger partial charge in [0.05, 0.1) is 11.4 Å². The molecule has 21 heavy (non-hydrogen) atoms. The van der Waals surface area contributed by atoms with Gasteiger partial charge in [0.2, 0.25) is 0 Å². The number of hydrogen-bond donors (Lipinski definition) is 1. The minimum absolute atomic E-state index is 0.367. The fraction of sp³-hybridized carbons (Fsp3) is 0.800. The molecule has 2 heterocycles. The van der Waals surface area contributed by atoms with E-state index >= 15 is 0 Å². The molecule has 1 aliphatic rings. The summed E-state index contributed by atoms with van der Waals surface area (Å²) in [6.07, 6.45) is 0. The Morgan fingerprint density at radius 1 is 1.19 bits per heavy atom. The zero-order chi connectivity index (χ0) is 15.6. The highest BCUT2D eigenvalue weighted by Gasteiger charge is 2.24. The number of anilines is 2. The minimum Gasteiger partial charge on any atom is -0.394 e. The monoisotopic (exact) mass is 294 g/mol. The summed E-state index contributed by atoms with van der Waals surface area (Å²) in [6.45, 7) is 10.8. The summed E-state index contributed by atoms with van der Waals surface area (Å²) in [5.74, 6) is 1.46. The molecule has 1 aromatic heterocycles. The molecule has 120 valence electrons. The first kappa shape index (κ1) is 16.1. The van der Waals surface area contributed by atoms with Crippen LogP contribution in [-0.4, -0.2) is 72.9 Å². The van der Waals surface area contributed by atoms with Crippen molar-refractivity contribution in [1.82, 2.24) is 19.6 Å². The molecule has 6 nitrogen and oxygen atoms in total. The van der Waals surface area contributed by atoms with Crippen molar-refractivity contribution in [1.29, 1.82) is 0 Å². The lowest BCUT2D eigenvalue weighted by molar-refractivity contribution is 0.229. The lowest BCUT2D eigenvalue weighted by Crippen LogP contribution is -2.48. The summed E-state index contributed by atoms with van der Waals surface area (Å²) in [5, 5.41) is 4.59. The molecule has 0 saturated carbocycles. The van der Waals surface area contributed by atoms with E-state index < -0.39 is 0 Å². The Hall–Kier alpha value is -1.27. The third-order valence-electron chi connectivity index (χ3n) is 4.16. The molecule has 0 atom stereocenters. The first-order valence-corrected chi connectivity index (χ1v) is 7.84. The molecule has 6 heteroatoms. The Morgan fingerprint density at radius 2 is 1.81 bits per heavy atom. The molecule has 1 fully saturated rings. The summed E-state index contributed by atoms with van der Waals surface area (Å²) in [4.78, 5) is 7.13. The number of nitrogen functional groups attached to an aromatic ring is 1. The SMILES string of the molecule is CC(C)c1nn(C)c(N2CCN(CCN(C)C)CC2)c1N. The standard InChI is InChI=1S/C15H30N6/c1-12(2)14-13(16)15(19(5)17-14)21-10-8-20(9-11-21)7-6-18(3)4/h12H,6-11,16H2,1-5H3. The second-order valence-corrected chi connectivity index (χ2v) is 6.53. The Bertz CT molecular complexity index is 457. The third kappa shape index (κ3) is 3.68. The first-order chi connectivity index (χ1) is 9.90. The lowest BCUT2D eigenvalue weighted by atomic mass is 10.1. The van der Waals surface area contributed by atoms with E-state index in [-0.39, 0.29) is 0 Å². The van der Waals surface area contributed by atoms with Crippen LogP contribution in [0.25, 0.3) is 0 Å². The Morgan fingerprint density at radius 3 is 2.29 bits per heavy atom. The number of nitrogens with zero attached hydrogens (tertiary/aromatic N) is 5. The fourth-order valence-electron chi connectivity index (χ4n) is 2.88. The lowest BCUT2D eigenvalue weighted by Gasteiger charge is -2.36. The summed E-state index contributed by atoms with van der Waals surface area (Å²) >= 11 is 0. The van der Waals surface area contributed by atoms with Crippen LogP contribution in [0.1, 0.15) is 25.5 Å². The van der Waals surface area contributed by atoms with Crippen molar-refractivity contribution in [3.05, 3.63) is 5.69 Å². The number of piperazine rings is 1. The first-order valence-electron chi connectivity index (χ1n) is 7.84. The van der Waals surface area contributed by atoms with E-state index in [4.69, 9.17) is 5.73 Å². The van der Waals surface area contributed by atoms with Gasteiger partial charge < -0.3 is 15.5 Å². The van der Waals surface area contributed by atoms with Crippen LogP contribution in [0.5, 0.6) is 0 Å². The zero-order valence-electron chi connectivity index (χ0n) is 14.1. The summed E-state index contributed by atoms with van der Waals surface area (Å²) in [7, 11) is 6.25. The van der Waals surface area contributed by atoms with E-state index in [0.717, 1.165) is 56.5 Å². The van der Waals surface area contributed by atoms with Crippen LogP contribution in [0.15, 0.2) is 0 Å². The van der Waals surface area contributed by atoms with Crippen LogP contribution in [0, 0.1) is 0 Å². The topological polar surface area (TPSA) is 53.6 Å². The predicted molar refractivity (Wildman–Crippen MR) is 88.9 cm³/mol. The van der Waals surface area contributed by atoms with Gasteiger partial charge in [-0.3, -0.25) is 9.58 Å². The Kier molecular flexibility index (Phi) is 5.11. The van der Waals surface area contributed by atoms with Gasteiger partial charge in [0.1, 0.15) is 0 Å². The maximum absolute atomic E-state index is 6.32.